The van der Waals surface area contributed by atoms with Crippen LogP contribution in [0.4, 0.5) is 5.69 Å². The number of nitrogens with one attached hydrogen (secondary N) is 1. The van der Waals surface area contributed by atoms with Crippen molar-refractivity contribution in [3.8, 4) is 5.75 Å². The second-order valence-electron chi connectivity index (χ2n) is 3.40. The van der Waals surface area contributed by atoms with Gasteiger partial charge >= 0.3 is 0 Å². The Morgan fingerprint density at radius 3 is 2.93 bits per heavy atom. The predicted molar refractivity (Wildman–Crippen MR) is 54.7 cm³/mol. The number of anilines is 1. The van der Waals surface area contributed by atoms with Crippen LogP contribution in [0, 0.1) is 0 Å². The molecule has 14 heavy (non-hydrogen) atoms. The van der Waals surface area contributed by atoms with Crippen LogP contribution < -0.4 is 10.1 Å². The molecule has 74 valence electrons. The van der Waals surface area contributed by atoms with Crippen LogP contribution in [0.25, 0.3) is 0 Å². The minimum atomic E-state index is -0.0138. The molecule has 1 N–H and O–H groups in total. The summed E-state index contributed by atoms with van der Waals surface area (Å²) in [6, 6.07) is 5.68. The van der Waals surface area contributed by atoms with Gasteiger partial charge in [0.15, 0.2) is 0 Å². The van der Waals surface area contributed by atoms with Crippen molar-refractivity contribution < 1.29 is 9.53 Å². The zero-order valence-electron chi connectivity index (χ0n) is 8.33. The van der Waals surface area contributed by atoms with Crippen LogP contribution >= 0.6 is 0 Å². The molecule has 1 aromatic rings. The molecule has 1 atom stereocenters. The van der Waals surface area contributed by atoms with E-state index in [1.165, 1.54) is 0 Å². The summed E-state index contributed by atoms with van der Waals surface area (Å²) in [6.45, 7) is 2.01. The number of hydrogen-bond donors (Lipinski definition) is 1. The van der Waals surface area contributed by atoms with E-state index in [0.717, 1.165) is 23.4 Å². The average Bonchev–Trinajstić information content (AvgIpc) is 2.52. The molecule has 1 aromatic carbocycles. The van der Waals surface area contributed by atoms with E-state index in [-0.39, 0.29) is 11.8 Å². The molecule has 3 nitrogen and oxygen atoms in total. The Morgan fingerprint density at radius 2 is 2.29 bits per heavy atom. The Labute approximate surface area is 83.1 Å². The summed E-state index contributed by atoms with van der Waals surface area (Å²) in [5.41, 5.74) is 1.97. The van der Waals surface area contributed by atoms with Gasteiger partial charge in [-0.15, -0.1) is 0 Å². The molecule has 1 unspecified atom stereocenters. The normalized spacial score (nSPS) is 19.0. The summed E-state index contributed by atoms with van der Waals surface area (Å²) in [5.74, 6) is 0.884. The third-order valence-electron chi connectivity index (χ3n) is 2.62. The maximum atomic E-state index is 11.5. The van der Waals surface area contributed by atoms with Gasteiger partial charge in [0.2, 0.25) is 5.91 Å². The zero-order chi connectivity index (χ0) is 10.1. The van der Waals surface area contributed by atoms with Crippen molar-refractivity contribution in [1.82, 2.24) is 0 Å². The summed E-state index contributed by atoms with van der Waals surface area (Å²) < 4.78 is 5.13. The molecule has 1 amide bonds. The van der Waals surface area contributed by atoms with Gasteiger partial charge in [-0.25, -0.2) is 0 Å². The molecule has 0 aromatic heterocycles. The highest BCUT2D eigenvalue weighted by Gasteiger charge is 2.28. The Kier molecular flexibility index (Phi) is 2.15. The van der Waals surface area contributed by atoms with E-state index in [1.54, 1.807) is 7.11 Å². The van der Waals surface area contributed by atoms with Gasteiger partial charge in [-0.2, -0.15) is 0 Å². The summed E-state index contributed by atoms with van der Waals surface area (Å²) in [6.07, 6.45) is 0.825. The fourth-order valence-electron chi connectivity index (χ4n) is 1.84. The van der Waals surface area contributed by atoms with Crippen LogP contribution in [-0.2, 0) is 4.79 Å². The zero-order valence-corrected chi connectivity index (χ0v) is 8.33. The number of benzene rings is 1. The molecule has 1 aliphatic heterocycles. The van der Waals surface area contributed by atoms with Crippen molar-refractivity contribution in [3.05, 3.63) is 23.8 Å². The molecule has 2 rings (SSSR count). The third kappa shape index (κ3) is 1.25. The summed E-state index contributed by atoms with van der Waals surface area (Å²) in [5, 5.41) is 2.86. The molecule has 0 fully saturated rings. The number of carbonyl (C=O) groups is 1. The van der Waals surface area contributed by atoms with Gasteiger partial charge in [-0.05, 0) is 30.2 Å². The quantitative estimate of drug-likeness (QED) is 0.777. The van der Waals surface area contributed by atoms with E-state index in [2.05, 4.69) is 5.32 Å². The van der Waals surface area contributed by atoms with Crippen molar-refractivity contribution in [2.24, 2.45) is 0 Å². The molecule has 0 spiro atoms. The Bertz CT molecular complexity index is 374. The lowest BCUT2D eigenvalue weighted by molar-refractivity contribution is -0.117. The monoisotopic (exact) mass is 191 g/mol. The van der Waals surface area contributed by atoms with E-state index < -0.39 is 0 Å². The molecule has 1 heterocycles. The van der Waals surface area contributed by atoms with Crippen LogP contribution in [0.5, 0.6) is 5.75 Å². The van der Waals surface area contributed by atoms with E-state index in [1.807, 2.05) is 25.1 Å². The topological polar surface area (TPSA) is 38.3 Å². The van der Waals surface area contributed by atoms with Gasteiger partial charge in [-0.1, -0.05) is 6.92 Å². The third-order valence-corrected chi connectivity index (χ3v) is 2.62. The number of methoxy groups -OCH3 is 1. The van der Waals surface area contributed by atoms with E-state index in [4.69, 9.17) is 4.74 Å². The number of amides is 1. The minimum absolute atomic E-state index is 0.0138. The lowest BCUT2D eigenvalue weighted by Gasteiger charge is -2.06. The molecule has 0 bridgehead atoms. The summed E-state index contributed by atoms with van der Waals surface area (Å²) in [4.78, 5) is 11.5. The van der Waals surface area contributed by atoms with Crippen LogP contribution in [0.2, 0.25) is 0 Å². The maximum absolute atomic E-state index is 11.5. The van der Waals surface area contributed by atoms with Gasteiger partial charge in [0.25, 0.3) is 0 Å². The SMILES string of the molecule is CCC1C(=O)Nc2ccc(OC)cc21. The number of carbonyl (C=O) groups excluding carboxylic acids is 1. The first-order valence-electron chi connectivity index (χ1n) is 4.75. The number of hydrogen-bond acceptors (Lipinski definition) is 2. The lowest BCUT2D eigenvalue weighted by Crippen LogP contribution is -2.10. The lowest BCUT2D eigenvalue weighted by atomic mass is 9.98. The molecule has 0 radical (unpaired) electrons. The van der Waals surface area contributed by atoms with Gasteiger partial charge < -0.3 is 10.1 Å². The molecule has 0 saturated carbocycles. The van der Waals surface area contributed by atoms with Gasteiger partial charge in [0.05, 0.1) is 13.0 Å². The fraction of sp³-hybridized carbons (Fsp3) is 0.364. The summed E-state index contributed by atoms with van der Waals surface area (Å²) >= 11 is 0. The van der Waals surface area contributed by atoms with E-state index >= 15 is 0 Å². The van der Waals surface area contributed by atoms with Crippen molar-refractivity contribution in [2.75, 3.05) is 12.4 Å². The van der Waals surface area contributed by atoms with Crippen LogP contribution in [0.1, 0.15) is 24.8 Å². The van der Waals surface area contributed by atoms with Crippen molar-refractivity contribution in [1.29, 1.82) is 0 Å². The fourth-order valence-corrected chi connectivity index (χ4v) is 1.84. The van der Waals surface area contributed by atoms with Gasteiger partial charge in [0.1, 0.15) is 5.75 Å². The highest BCUT2D eigenvalue weighted by atomic mass is 16.5. The predicted octanol–water partition coefficient (Wildman–Crippen LogP) is 2.14. The van der Waals surface area contributed by atoms with Crippen molar-refractivity contribution >= 4 is 11.6 Å². The van der Waals surface area contributed by atoms with Crippen molar-refractivity contribution in [3.63, 3.8) is 0 Å². The van der Waals surface area contributed by atoms with Crippen LogP contribution in [0.3, 0.4) is 0 Å². The first kappa shape index (κ1) is 9.06. The maximum Gasteiger partial charge on any atom is 0.231 e. The summed E-state index contributed by atoms with van der Waals surface area (Å²) in [7, 11) is 1.63. The van der Waals surface area contributed by atoms with E-state index in [0.29, 0.717) is 0 Å². The largest absolute Gasteiger partial charge is 0.497 e. The highest BCUT2D eigenvalue weighted by Crippen LogP contribution is 2.36. The number of ether oxygens (including phenoxy) is 1. The molecular formula is C11H13NO2. The van der Waals surface area contributed by atoms with Crippen molar-refractivity contribution in [2.45, 2.75) is 19.3 Å². The Hall–Kier alpha value is -1.51. The Morgan fingerprint density at radius 1 is 1.50 bits per heavy atom. The standard InChI is InChI=1S/C11H13NO2/c1-3-8-9-6-7(14-2)4-5-10(9)12-11(8)13/h4-6,8H,3H2,1-2H3,(H,12,13). The highest BCUT2D eigenvalue weighted by molar-refractivity contribution is 6.02. The molecule has 0 aliphatic carbocycles. The van der Waals surface area contributed by atoms with E-state index in [9.17, 15) is 4.79 Å². The Balaban J connectivity index is 2.44. The minimum Gasteiger partial charge on any atom is -0.497 e. The van der Waals surface area contributed by atoms with Crippen LogP contribution in [0.15, 0.2) is 18.2 Å². The molecular weight excluding hydrogens is 178 g/mol. The number of fused-ring (bicyclic) bond motifs is 1. The molecule has 1 aliphatic rings. The van der Waals surface area contributed by atoms with Gasteiger partial charge in [-0.3, -0.25) is 4.79 Å². The first-order valence-corrected chi connectivity index (χ1v) is 4.75. The second kappa shape index (κ2) is 3.33. The van der Waals surface area contributed by atoms with Gasteiger partial charge in [0, 0.05) is 5.69 Å². The average molecular weight is 191 g/mol. The number of rotatable bonds is 2. The first-order chi connectivity index (χ1) is 6.76. The van der Waals surface area contributed by atoms with Crippen LogP contribution in [-0.4, -0.2) is 13.0 Å². The molecule has 0 saturated heterocycles. The second-order valence-corrected chi connectivity index (χ2v) is 3.40. The molecule has 3 heteroatoms. The smallest absolute Gasteiger partial charge is 0.231 e.